The third-order valence-corrected chi connectivity index (χ3v) is 5.50. The van der Waals surface area contributed by atoms with Crippen molar-refractivity contribution in [2.24, 2.45) is 11.7 Å². The second-order valence-electron chi connectivity index (χ2n) is 5.29. The topological polar surface area (TPSA) is 75.4 Å². The Morgan fingerprint density at radius 2 is 2.10 bits per heavy atom. The Morgan fingerprint density at radius 3 is 2.62 bits per heavy atom. The van der Waals surface area contributed by atoms with E-state index < -0.39 is 10.0 Å². The first-order chi connectivity index (χ1) is 9.92. The Morgan fingerprint density at radius 1 is 1.43 bits per heavy atom. The minimum atomic E-state index is -3.47. The van der Waals surface area contributed by atoms with Gasteiger partial charge >= 0.3 is 0 Å². The molecule has 1 fully saturated rings. The molecule has 1 unspecified atom stereocenters. The number of benzene rings is 1. The van der Waals surface area contributed by atoms with E-state index in [4.69, 9.17) is 18.0 Å². The molecule has 5 nitrogen and oxygen atoms in total. The Kier molecular flexibility index (Phi) is 5.32. The van der Waals surface area contributed by atoms with E-state index in [0.29, 0.717) is 18.0 Å². The molecule has 0 saturated carbocycles. The van der Waals surface area contributed by atoms with Gasteiger partial charge < -0.3 is 10.6 Å². The predicted molar refractivity (Wildman–Crippen MR) is 87.7 cm³/mol. The first-order valence-corrected chi connectivity index (χ1v) is 8.93. The van der Waals surface area contributed by atoms with Gasteiger partial charge in [-0.2, -0.15) is 0 Å². The largest absolute Gasteiger partial charge is 0.389 e. The molecule has 1 aromatic carbocycles. The third-order valence-electron chi connectivity index (χ3n) is 3.83. The first-order valence-electron chi connectivity index (χ1n) is 7.04. The van der Waals surface area contributed by atoms with Crippen LogP contribution in [0.5, 0.6) is 0 Å². The summed E-state index contributed by atoms with van der Waals surface area (Å²) in [6.45, 7) is 5.63. The molecule has 0 spiro atoms. The Hall–Kier alpha value is -1.02. The molecule has 1 atom stereocenters. The number of hydrogen-bond acceptors (Lipinski definition) is 4. The van der Waals surface area contributed by atoms with Crippen molar-refractivity contribution in [2.75, 3.05) is 26.2 Å². The van der Waals surface area contributed by atoms with E-state index in [2.05, 4.69) is 16.5 Å². The highest BCUT2D eigenvalue weighted by Gasteiger charge is 2.23. The van der Waals surface area contributed by atoms with E-state index in [-0.39, 0.29) is 9.88 Å². The number of nitrogens with zero attached hydrogens (tertiary/aromatic N) is 1. The summed E-state index contributed by atoms with van der Waals surface area (Å²) in [5.41, 5.74) is 6.17. The van der Waals surface area contributed by atoms with Gasteiger partial charge in [-0.05, 0) is 37.6 Å². The van der Waals surface area contributed by atoms with Crippen LogP contribution in [0.3, 0.4) is 0 Å². The van der Waals surface area contributed by atoms with Crippen LogP contribution in [-0.4, -0.2) is 44.5 Å². The zero-order valence-electron chi connectivity index (χ0n) is 12.1. The van der Waals surface area contributed by atoms with E-state index in [1.165, 1.54) is 12.1 Å². The fourth-order valence-electron chi connectivity index (χ4n) is 2.48. The fraction of sp³-hybridized carbons (Fsp3) is 0.500. The summed E-state index contributed by atoms with van der Waals surface area (Å²) in [4.78, 5) is 2.83. The Labute approximate surface area is 131 Å². The molecule has 116 valence electrons. The lowest BCUT2D eigenvalue weighted by molar-refractivity contribution is 0.342. The van der Waals surface area contributed by atoms with Crippen molar-refractivity contribution in [3.05, 3.63) is 29.8 Å². The second-order valence-corrected chi connectivity index (χ2v) is 7.50. The maximum atomic E-state index is 12.2. The smallest absolute Gasteiger partial charge is 0.240 e. The van der Waals surface area contributed by atoms with Crippen molar-refractivity contribution >= 4 is 27.2 Å². The molecule has 0 aromatic heterocycles. The second kappa shape index (κ2) is 6.83. The van der Waals surface area contributed by atoms with Crippen LogP contribution in [0.4, 0.5) is 0 Å². The molecule has 0 bridgehead atoms. The average Bonchev–Trinajstić information content (AvgIpc) is 2.93. The van der Waals surface area contributed by atoms with Gasteiger partial charge in [-0.15, -0.1) is 0 Å². The molecule has 3 N–H and O–H groups in total. The van der Waals surface area contributed by atoms with Crippen molar-refractivity contribution in [1.29, 1.82) is 0 Å². The molecular formula is C14H21N3O2S2. The van der Waals surface area contributed by atoms with Crippen molar-refractivity contribution < 1.29 is 8.42 Å². The van der Waals surface area contributed by atoms with Crippen molar-refractivity contribution in [3.8, 4) is 0 Å². The summed E-state index contributed by atoms with van der Waals surface area (Å²) in [6.07, 6.45) is 1.04. The number of likely N-dealkylation sites (tertiary alicyclic amines) is 1. The minimum absolute atomic E-state index is 0.243. The molecule has 21 heavy (non-hydrogen) atoms. The first kappa shape index (κ1) is 16.4. The molecule has 1 aliphatic rings. The van der Waals surface area contributed by atoms with Gasteiger partial charge in [0.1, 0.15) is 4.99 Å². The molecule has 1 saturated heterocycles. The highest BCUT2D eigenvalue weighted by Crippen LogP contribution is 2.16. The van der Waals surface area contributed by atoms with Crippen LogP contribution in [0.25, 0.3) is 0 Å². The molecule has 0 radical (unpaired) electrons. The molecule has 7 heteroatoms. The molecule has 0 amide bonds. The van der Waals surface area contributed by atoms with Crippen molar-refractivity contribution in [2.45, 2.75) is 18.2 Å². The van der Waals surface area contributed by atoms with Crippen molar-refractivity contribution in [3.63, 3.8) is 0 Å². The summed E-state index contributed by atoms with van der Waals surface area (Å²) in [7, 11) is -3.47. The summed E-state index contributed by atoms with van der Waals surface area (Å²) in [5, 5.41) is 0. The number of thiocarbonyl (C=S) groups is 1. The van der Waals surface area contributed by atoms with Crippen LogP contribution >= 0.6 is 12.2 Å². The van der Waals surface area contributed by atoms with Crippen LogP contribution in [0.1, 0.15) is 18.9 Å². The SMILES string of the molecule is CCN1CCC(CNS(=O)(=O)c2ccc(C(N)=S)cc2)C1. The van der Waals surface area contributed by atoms with Gasteiger partial charge in [-0.1, -0.05) is 31.3 Å². The predicted octanol–water partition coefficient (Wildman–Crippen LogP) is 0.941. The maximum absolute atomic E-state index is 12.2. The molecule has 1 aliphatic heterocycles. The molecular weight excluding hydrogens is 306 g/mol. The number of hydrogen-bond donors (Lipinski definition) is 2. The van der Waals surface area contributed by atoms with E-state index >= 15 is 0 Å². The van der Waals surface area contributed by atoms with E-state index in [9.17, 15) is 8.42 Å². The number of rotatable bonds is 6. The van der Waals surface area contributed by atoms with Gasteiger partial charge in [0.25, 0.3) is 0 Å². The van der Waals surface area contributed by atoms with E-state index in [0.717, 1.165) is 26.1 Å². The highest BCUT2D eigenvalue weighted by molar-refractivity contribution is 7.89. The lowest BCUT2D eigenvalue weighted by atomic mass is 10.1. The van der Waals surface area contributed by atoms with Crippen molar-refractivity contribution in [1.82, 2.24) is 9.62 Å². The zero-order valence-corrected chi connectivity index (χ0v) is 13.7. The number of nitrogens with one attached hydrogen (secondary N) is 1. The summed E-state index contributed by atoms with van der Waals surface area (Å²) in [5.74, 6) is 0.385. The van der Waals surface area contributed by atoms with Gasteiger partial charge in [0, 0.05) is 18.7 Å². The van der Waals surface area contributed by atoms with Gasteiger partial charge in [0.05, 0.1) is 4.90 Å². The summed E-state index contributed by atoms with van der Waals surface area (Å²) in [6, 6.07) is 6.32. The third kappa shape index (κ3) is 4.23. The molecule has 2 rings (SSSR count). The van der Waals surface area contributed by atoms with Crippen LogP contribution in [0.15, 0.2) is 29.2 Å². The monoisotopic (exact) mass is 327 g/mol. The zero-order chi connectivity index (χ0) is 15.5. The quantitative estimate of drug-likeness (QED) is 0.761. The fourth-order valence-corrected chi connectivity index (χ4v) is 3.73. The lowest BCUT2D eigenvalue weighted by Crippen LogP contribution is -2.31. The van der Waals surface area contributed by atoms with Crippen LogP contribution in [-0.2, 0) is 10.0 Å². The summed E-state index contributed by atoms with van der Waals surface area (Å²) >= 11 is 4.85. The Balaban J connectivity index is 1.97. The molecule has 1 aromatic rings. The molecule has 1 heterocycles. The van der Waals surface area contributed by atoms with E-state index in [1.54, 1.807) is 12.1 Å². The van der Waals surface area contributed by atoms with Gasteiger partial charge in [0.15, 0.2) is 0 Å². The normalized spacial score (nSPS) is 19.8. The summed E-state index contributed by atoms with van der Waals surface area (Å²) < 4.78 is 27.2. The van der Waals surface area contributed by atoms with Gasteiger partial charge in [-0.3, -0.25) is 0 Å². The van der Waals surface area contributed by atoms with Crippen LogP contribution in [0, 0.1) is 5.92 Å². The van der Waals surface area contributed by atoms with Crippen LogP contribution in [0.2, 0.25) is 0 Å². The maximum Gasteiger partial charge on any atom is 0.240 e. The van der Waals surface area contributed by atoms with E-state index in [1.807, 2.05) is 0 Å². The number of nitrogens with two attached hydrogens (primary N) is 1. The molecule has 0 aliphatic carbocycles. The Bertz CT molecular complexity index is 599. The van der Waals surface area contributed by atoms with Gasteiger partial charge in [0.2, 0.25) is 10.0 Å². The lowest BCUT2D eigenvalue weighted by Gasteiger charge is -2.14. The average molecular weight is 327 g/mol. The van der Waals surface area contributed by atoms with Gasteiger partial charge in [-0.25, -0.2) is 13.1 Å². The highest BCUT2D eigenvalue weighted by atomic mass is 32.2. The number of sulfonamides is 1. The van der Waals surface area contributed by atoms with Crippen LogP contribution < -0.4 is 10.5 Å². The standard InChI is InChI=1S/C14H21N3O2S2/c1-2-17-8-7-11(10-17)9-16-21(18,19)13-5-3-12(4-6-13)14(15)20/h3-6,11,16H,2,7-10H2,1H3,(H2,15,20). The minimum Gasteiger partial charge on any atom is -0.389 e.